The van der Waals surface area contributed by atoms with Crippen molar-refractivity contribution in [1.82, 2.24) is 4.98 Å². The molecule has 1 aromatic rings. The van der Waals surface area contributed by atoms with E-state index in [4.69, 9.17) is 4.74 Å². The maximum absolute atomic E-state index is 11.5. The lowest BCUT2D eigenvalue weighted by Crippen LogP contribution is -2.32. The maximum Gasteiger partial charge on any atom is 0.357 e. The first kappa shape index (κ1) is 14.0. The number of ether oxygens (including phenoxy) is 1. The number of esters is 1. The van der Waals surface area contributed by atoms with Crippen LogP contribution in [0.15, 0.2) is 5.38 Å². The van der Waals surface area contributed by atoms with Crippen LogP contribution in [0.1, 0.15) is 51.0 Å². The van der Waals surface area contributed by atoms with E-state index in [0.717, 1.165) is 18.0 Å². The van der Waals surface area contributed by atoms with E-state index >= 15 is 0 Å². The lowest BCUT2D eigenvalue weighted by atomic mass is 9.96. The van der Waals surface area contributed by atoms with Crippen molar-refractivity contribution in [3.8, 4) is 0 Å². The van der Waals surface area contributed by atoms with Crippen molar-refractivity contribution in [2.75, 3.05) is 11.9 Å². The summed E-state index contributed by atoms with van der Waals surface area (Å²) in [6, 6.07) is 0. The van der Waals surface area contributed by atoms with Gasteiger partial charge in [0, 0.05) is 10.9 Å². The van der Waals surface area contributed by atoms with Crippen molar-refractivity contribution in [1.29, 1.82) is 0 Å². The van der Waals surface area contributed by atoms with Gasteiger partial charge in [-0.15, -0.1) is 11.3 Å². The second kappa shape index (κ2) is 6.00. The number of nitrogens with one attached hydrogen (secondary N) is 1. The molecule has 0 aliphatic rings. The van der Waals surface area contributed by atoms with Crippen LogP contribution in [0.4, 0.5) is 5.13 Å². The van der Waals surface area contributed by atoms with E-state index in [0.29, 0.717) is 12.3 Å². The summed E-state index contributed by atoms with van der Waals surface area (Å²) >= 11 is 1.44. The standard InChI is InChI=1S/C12H20N2O2S/c1-5-12(4,6-2)14-11-13-9(8-17-11)10(15)16-7-3/h8H,5-7H2,1-4H3,(H,13,14). The molecule has 0 bridgehead atoms. The molecule has 17 heavy (non-hydrogen) atoms. The van der Waals surface area contributed by atoms with E-state index in [2.05, 4.69) is 31.1 Å². The lowest BCUT2D eigenvalue weighted by Gasteiger charge is -2.27. The van der Waals surface area contributed by atoms with Crippen LogP contribution in [0.2, 0.25) is 0 Å². The number of hydrogen-bond acceptors (Lipinski definition) is 5. The monoisotopic (exact) mass is 256 g/mol. The average molecular weight is 256 g/mol. The van der Waals surface area contributed by atoms with Crippen molar-refractivity contribution in [2.24, 2.45) is 0 Å². The first-order valence-corrected chi connectivity index (χ1v) is 6.83. The van der Waals surface area contributed by atoms with Gasteiger partial charge in [-0.3, -0.25) is 0 Å². The fourth-order valence-electron chi connectivity index (χ4n) is 1.31. The van der Waals surface area contributed by atoms with Gasteiger partial charge in [0.2, 0.25) is 0 Å². The number of thiazole rings is 1. The fraction of sp³-hybridized carbons (Fsp3) is 0.667. The third-order valence-corrected chi connectivity index (χ3v) is 3.72. The van der Waals surface area contributed by atoms with Crippen LogP contribution in [-0.2, 0) is 4.74 Å². The Morgan fingerprint density at radius 1 is 1.47 bits per heavy atom. The normalized spacial score (nSPS) is 11.3. The summed E-state index contributed by atoms with van der Waals surface area (Å²) in [5, 5.41) is 5.88. The minimum Gasteiger partial charge on any atom is -0.461 e. The topological polar surface area (TPSA) is 51.2 Å². The molecule has 1 N–H and O–H groups in total. The van der Waals surface area contributed by atoms with Crippen molar-refractivity contribution < 1.29 is 9.53 Å². The molecule has 96 valence electrons. The highest BCUT2D eigenvalue weighted by molar-refractivity contribution is 7.13. The zero-order valence-corrected chi connectivity index (χ0v) is 11.7. The first-order valence-electron chi connectivity index (χ1n) is 5.95. The second-order valence-corrected chi connectivity index (χ2v) is 5.01. The molecule has 1 rings (SSSR count). The van der Waals surface area contributed by atoms with Gasteiger partial charge in [0.1, 0.15) is 0 Å². The Morgan fingerprint density at radius 3 is 2.65 bits per heavy atom. The van der Waals surface area contributed by atoms with Crippen LogP contribution < -0.4 is 5.32 Å². The van der Waals surface area contributed by atoms with Gasteiger partial charge in [0.15, 0.2) is 10.8 Å². The van der Waals surface area contributed by atoms with Gasteiger partial charge < -0.3 is 10.1 Å². The Labute approximate surface area is 106 Å². The Kier molecular flexibility index (Phi) is 4.93. The molecule has 5 heteroatoms. The zero-order chi connectivity index (χ0) is 12.9. The van der Waals surface area contributed by atoms with E-state index in [1.54, 1.807) is 12.3 Å². The minimum atomic E-state index is -0.355. The molecule has 0 fully saturated rings. The molecule has 1 heterocycles. The van der Waals surface area contributed by atoms with Crippen molar-refractivity contribution in [2.45, 2.75) is 46.1 Å². The molecule has 0 saturated heterocycles. The Bertz CT molecular complexity index is 372. The molecule has 0 atom stereocenters. The van der Waals surface area contributed by atoms with Crippen LogP contribution in [0.3, 0.4) is 0 Å². The number of nitrogens with zero attached hydrogens (tertiary/aromatic N) is 1. The summed E-state index contributed by atoms with van der Waals surface area (Å²) in [7, 11) is 0. The molecule has 4 nitrogen and oxygen atoms in total. The SMILES string of the molecule is CCOC(=O)c1csc(NC(C)(CC)CC)n1. The second-order valence-electron chi connectivity index (χ2n) is 4.15. The molecule has 0 amide bonds. The van der Waals surface area contributed by atoms with Crippen molar-refractivity contribution in [3.05, 3.63) is 11.1 Å². The minimum absolute atomic E-state index is 0.0315. The van der Waals surface area contributed by atoms with Crippen molar-refractivity contribution in [3.63, 3.8) is 0 Å². The molecule has 0 spiro atoms. The predicted molar refractivity (Wildman–Crippen MR) is 70.7 cm³/mol. The van der Waals surface area contributed by atoms with Crippen LogP contribution >= 0.6 is 11.3 Å². The number of aromatic nitrogens is 1. The predicted octanol–water partition coefficient (Wildman–Crippen LogP) is 3.31. The molecule has 0 unspecified atom stereocenters. The van der Waals surface area contributed by atoms with E-state index < -0.39 is 0 Å². The number of carbonyl (C=O) groups is 1. The maximum atomic E-state index is 11.5. The zero-order valence-electron chi connectivity index (χ0n) is 10.9. The van der Waals surface area contributed by atoms with Gasteiger partial charge in [-0.1, -0.05) is 13.8 Å². The summed E-state index contributed by atoms with van der Waals surface area (Å²) in [4.78, 5) is 15.7. The highest BCUT2D eigenvalue weighted by Crippen LogP contribution is 2.24. The molecule has 0 saturated carbocycles. The first-order chi connectivity index (χ1) is 8.04. The van der Waals surface area contributed by atoms with Gasteiger partial charge in [-0.2, -0.15) is 0 Å². The van der Waals surface area contributed by atoms with Crippen molar-refractivity contribution >= 4 is 22.4 Å². The van der Waals surface area contributed by atoms with Gasteiger partial charge in [-0.25, -0.2) is 9.78 Å². The summed E-state index contributed by atoms with van der Waals surface area (Å²) in [5.41, 5.74) is 0.415. The third-order valence-electron chi connectivity index (χ3n) is 2.96. The summed E-state index contributed by atoms with van der Waals surface area (Å²) in [6.07, 6.45) is 2.02. The molecule has 0 radical (unpaired) electrons. The highest BCUT2D eigenvalue weighted by atomic mass is 32.1. The third kappa shape index (κ3) is 3.70. The van der Waals surface area contributed by atoms with Crippen LogP contribution in [0.25, 0.3) is 0 Å². The van der Waals surface area contributed by atoms with Gasteiger partial charge in [-0.05, 0) is 26.7 Å². The highest BCUT2D eigenvalue weighted by Gasteiger charge is 2.21. The number of carbonyl (C=O) groups excluding carboxylic acids is 1. The summed E-state index contributed by atoms with van der Waals surface area (Å²) in [6.45, 7) is 8.58. The van der Waals surface area contributed by atoms with E-state index in [9.17, 15) is 4.79 Å². The average Bonchev–Trinajstić information content (AvgIpc) is 2.77. The molecule has 0 aliphatic carbocycles. The van der Waals surface area contributed by atoms with E-state index in [1.165, 1.54) is 11.3 Å². The Morgan fingerprint density at radius 2 is 2.12 bits per heavy atom. The Balaban J connectivity index is 2.71. The molecule has 0 aromatic carbocycles. The quantitative estimate of drug-likeness (QED) is 0.793. The number of anilines is 1. The van der Waals surface area contributed by atoms with Gasteiger partial charge in [0.25, 0.3) is 0 Å². The number of hydrogen-bond donors (Lipinski definition) is 1. The molecule has 0 aliphatic heterocycles. The van der Waals surface area contributed by atoms with Gasteiger partial charge >= 0.3 is 5.97 Å². The van der Waals surface area contributed by atoms with Crippen LogP contribution in [-0.4, -0.2) is 23.1 Å². The molecular weight excluding hydrogens is 236 g/mol. The summed E-state index contributed by atoms with van der Waals surface area (Å²) < 4.78 is 4.90. The van der Waals surface area contributed by atoms with Gasteiger partial charge in [0.05, 0.1) is 6.61 Å². The lowest BCUT2D eigenvalue weighted by molar-refractivity contribution is 0.0520. The smallest absolute Gasteiger partial charge is 0.357 e. The summed E-state index contributed by atoms with van der Waals surface area (Å²) in [5.74, 6) is -0.355. The van der Waals surface area contributed by atoms with Crippen LogP contribution in [0, 0.1) is 0 Å². The van der Waals surface area contributed by atoms with Crippen LogP contribution in [0.5, 0.6) is 0 Å². The molecular formula is C12H20N2O2S. The van der Waals surface area contributed by atoms with E-state index in [-0.39, 0.29) is 11.5 Å². The Hall–Kier alpha value is -1.10. The molecule has 1 aromatic heterocycles. The number of rotatable bonds is 6. The van der Waals surface area contributed by atoms with E-state index in [1.807, 2.05) is 0 Å². The largest absolute Gasteiger partial charge is 0.461 e. The fourth-order valence-corrected chi connectivity index (χ4v) is 2.14.